The third-order valence-corrected chi connectivity index (χ3v) is 3.99. The van der Waals surface area contributed by atoms with Crippen molar-refractivity contribution in [2.75, 3.05) is 18.0 Å². The largest absolute Gasteiger partial charge is 0.481 e. The van der Waals surface area contributed by atoms with Gasteiger partial charge in [-0.2, -0.15) is 0 Å². The zero-order valence-corrected chi connectivity index (χ0v) is 10.4. The van der Waals surface area contributed by atoms with E-state index in [2.05, 4.69) is 4.98 Å². The van der Waals surface area contributed by atoms with Crippen molar-refractivity contribution in [2.24, 2.45) is 5.92 Å². The lowest BCUT2D eigenvalue weighted by molar-refractivity contribution is -0.380. The van der Waals surface area contributed by atoms with Crippen LogP contribution in [0.5, 0.6) is 0 Å². The van der Waals surface area contributed by atoms with E-state index in [1.807, 2.05) is 4.90 Å². The van der Waals surface area contributed by atoms with Crippen LogP contribution < -0.4 is 4.90 Å². The third kappa shape index (κ3) is 2.95. The summed E-state index contributed by atoms with van der Waals surface area (Å²) in [5.74, 6) is -0.442. The molecule has 98 valence electrons. The number of hydrogen-bond donors (Lipinski definition) is 1. The quantitative estimate of drug-likeness (QED) is 0.647. The molecule has 1 atom stereocenters. The van der Waals surface area contributed by atoms with E-state index in [0.29, 0.717) is 17.5 Å². The molecule has 1 saturated heterocycles. The number of carboxylic acids is 1. The molecule has 0 amide bonds. The average Bonchev–Trinajstić information content (AvgIpc) is 2.95. The molecule has 0 aliphatic carbocycles. The van der Waals surface area contributed by atoms with Crippen LogP contribution in [0.4, 0.5) is 10.1 Å². The van der Waals surface area contributed by atoms with Crippen molar-refractivity contribution in [3.8, 4) is 0 Å². The molecule has 18 heavy (non-hydrogen) atoms. The summed E-state index contributed by atoms with van der Waals surface area (Å²) in [4.78, 5) is 26.6. The van der Waals surface area contributed by atoms with Crippen LogP contribution in [0.25, 0.3) is 0 Å². The molecular weight excluding hydrogens is 258 g/mol. The molecule has 1 unspecified atom stereocenters. The van der Waals surface area contributed by atoms with Crippen LogP contribution in [0.3, 0.4) is 0 Å². The first-order chi connectivity index (χ1) is 8.56. The molecule has 8 heteroatoms. The molecule has 2 heterocycles. The fraction of sp³-hybridized carbons (Fsp3) is 0.600. The van der Waals surface area contributed by atoms with Gasteiger partial charge in [0.2, 0.25) is 0 Å². The van der Waals surface area contributed by atoms with E-state index in [-0.39, 0.29) is 11.4 Å². The molecular formula is C10H13N3O4S. The number of thiazole rings is 1. The molecule has 1 aliphatic heterocycles. The maximum atomic E-state index is 10.6. The van der Waals surface area contributed by atoms with Crippen LogP contribution in [0.15, 0.2) is 6.20 Å². The minimum atomic E-state index is -0.779. The van der Waals surface area contributed by atoms with Gasteiger partial charge in [0.05, 0.1) is 4.92 Å². The van der Waals surface area contributed by atoms with Crippen molar-refractivity contribution < 1.29 is 14.8 Å². The van der Waals surface area contributed by atoms with Crippen molar-refractivity contribution in [1.29, 1.82) is 0 Å². The maximum absolute atomic E-state index is 10.6. The molecule has 0 spiro atoms. The first kappa shape index (κ1) is 12.7. The molecule has 1 fully saturated rings. The summed E-state index contributed by atoms with van der Waals surface area (Å²) in [6.45, 7) is 1.52. The Morgan fingerprint density at radius 3 is 3.11 bits per heavy atom. The molecule has 0 saturated carbocycles. The van der Waals surface area contributed by atoms with Gasteiger partial charge in [0.25, 0.3) is 0 Å². The minimum absolute atomic E-state index is 0.0407. The topological polar surface area (TPSA) is 96.6 Å². The van der Waals surface area contributed by atoms with Crippen LogP contribution >= 0.6 is 11.3 Å². The molecule has 2 rings (SSSR count). The van der Waals surface area contributed by atoms with Gasteiger partial charge in [-0.25, -0.2) is 4.98 Å². The minimum Gasteiger partial charge on any atom is -0.481 e. The lowest BCUT2D eigenvalue weighted by atomic mass is 10.0. The number of carbonyl (C=O) groups is 1. The Morgan fingerprint density at radius 1 is 1.72 bits per heavy atom. The highest BCUT2D eigenvalue weighted by molar-refractivity contribution is 7.18. The highest BCUT2D eigenvalue weighted by Crippen LogP contribution is 2.32. The van der Waals surface area contributed by atoms with Gasteiger partial charge < -0.3 is 10.0 Å². The van der Waals surface area contributed by atoms with E-state index in [1.165, 1.54) is 6.20 Å². The number of carboxylic acid groups (broad SMARTS) is 1. The van der Waals surface area contributed by atoms with Crippen LogP contribution in [-0.4, -0.2) is 34.1 Å². The normalized spacial score (nSPS) is 19.1. The second-order valence-electron chi connectivity index (χ2n) is 4.27. The van der Waals surface area contributed by atoms with Gasteiger partial charge in [0, 0.05) is 19.5 Å². The predicted octanol–water partition coefficient (Wildman–Crippen LogP) is 1.74. The second-order valence-corrected chi connectivity index (χ2v) is 5.26. The van der Waals surface area contributed by atoms with Gasteiger partial charge in [0.1, 0.15) is 6.20 Å². The molecule has 7 nitrogen and oxygen atoms in total. The van der Waals surface area contributed by atoms with Crippen LogP contribution in [0, 0.1) is 16.0 Å². The summed E-state index contributed by atoms with van der Waals surface area (Å²) in [5, 5.41) is 19.9. The zero-order chi connectivity index (χ0) is 13.1. The van der Waals surface area contributed by atoms with Crippen molar-refractivity contribution in [1.82, 2.24) is 4.98 Å². The summed E-state index contributed by atoms with van der Waals surface area (Å²) in [6, 6.07) is 0. The van der Waals surface area contributed by atoms with Gasteiger partial charge in [-0.15, -0.1) is 0 Å². The molecule has 1 aromatic heterocycles. The van der Waals surface area contributed by atoms with Gasteiger partial charge in [-0.05, 0) is 30.1 Å². The standard InChI is InChI=1S/C10H13N3O4S/c14-9(15)2-1-7-3-4-12(6-7)10-11-5-8(18-10)13(16)17/h5,7H,1-4,6H2,(H,14,15). The molecule has 0 radical (unpaired) electrons. The van der Waals surface area contributed by atoms with Crippen molar-refractivity contribution >= 4 is 27.4 Å². The number of aromatic nitrogens is 1. The molecule has 1 N–H and O–H groups in total. The summed E-state index contributed by atoms with van der Waals surface area (Å²) >= 11 is 1.06. The Balaban J connectivity index is 1.91. The second kappa shape index (κ2) is 5.30. The Labute approximate surface area is 107 Å². The lowest BCUT2D eigenvalue weighted by Crippen LogP contribution is -2.19. The first-order valence-corrected chi connectivity index (χ1v) is 6.45. The van der Waals surface area contributed by atoms with Crippen LogP contribution in [0.1, 0.15) is 19.3 Å². The van der Waals surface area contributed by atoms with Gasteiger partial charge in [-0.3, -0.25) is 14.9 Å². The number of aliphatic carboxylic acids is 1. The zero-order valence-electron chi connectivity index (χ0n) is 9.61. The van der Waals surface area contributed by atoms with Gasteiger partial charge >= 0.3 is 11.0 Å². The number of hydrogen-bond acceptors (Lipinski definition) is 6. The van der Waals surface area contributed by atoms with E-state index < -0.39 is 10.9 Å². The number of rotatable bonds is 5. The Hall–Kier alpha value is -1.70. The highest BCUT2D eigenvalue weighted by Gasteiger charge is 2.26. The maximum Gasteiger partial charge on any atom is 0.345 e. The summed E-state index contributed by atoms with van der Waals surface area (Å²) in [5.41, 5.74) is 0. The van der Waals surface area contributed by atoms with E-state index in [0.717, 1.165) is 30.8 Å². The summed E-state index contributed by atoms with van der Waals surface area (Å²) < 4.78 is 0. The van der Waals surface area contributed by atoms with Crippen LogP contribution in [-0.2, 0) is 4.79 Å². The summed E-state index contributed by atoms with van der Waals surface area (Å²) in [7, 11) is 0. The fourth-order valence-corrected chi connectivity index (χ4v) is 2.82. The van der Waals surface area contributed by atoms with Crippen molar-refractivity contribution in [2.45, 2.75) is 19.3 Å². The van der Waals surface area contributed by atoms with E-state index in [9.17, 15) is 14.9 Å². The van der Waals surface area contributed by atoms with E-state index in [1.54, 1.807) is 0 Å². The van der Waals surface area contributed by atoms with E-state index >= 15 is 0 Å². The molecule has 0 aromatic carbocycles. The Bertz CT molecular complexity index is 462. The van der Waals surface area contributed by atoms with Crippen molar-refractivity contribution in [3.05, 3.63) is 16.3 Å². The monoisotopic (exact) mass is 271 g/mol. The van der Waals surface area contributed by atoms with Crippen LogP contribution in [0.2, 0.25) is 0 Å². The molecule has 1 aromatic rings. The number of nitrogens with zero attached hydrogens (tertiary/aromatic N) is 3. The summed E-state index contributed by atoms with van der Waals surface area (Å²) in [6.07, 6.45) is 3.01. The fourth-order valence-electron chi connectivity index (χ4n) is 2.06. The average molecular weight is 271 g/mol. The molecule has 1 aliphatic rings. The Morgan fingerprint density at radius 2 is 2.50 bits per heavy atom. The van der Waals surface area contributed by atoms with Gasteiger partial charge in [-0.1, -0.05) is 0 Å². The third-order valence-electron chi connectivity index (χ3n) is 2.98. The van der Waals surface area contributed by atoms with E-state index in [4.69, 9.17) is 5.11 Å². The SMILES string of the molecule is O=C(O)CCC1CCN(c2ncc([N+](=O)[O-])s2)C1. The smallest absolute Gasteiger partial charge is 0.345 e. The predicted molar refractivity (Wildman–Crippen MR) is 66.0 cm³/mol. The first-order valence-electron chi connectivity index (χ1n) is 5.63. The van der Waals surface area contributed by atoms with Gasteiger partial charge in [0.15, 0.2) is 5.13 Å². The molecule has 0 bridgehead atoms. The highest BCUT2D eigenvalue weighted by atomic mass is 32.1. The Kier molecular flexibility index (Phi) is 3.75. The number of anilines is 1. The lowest BCUT2D eigenvalue weighted by Gasteiger charge is -2.13. The number of nitro groups is 1. The van der Waals surface area contributed by atoms with Crippen molar-refractivity contribution in [3.63, 3.8) is 0 Å².